The van der Waals surface area contributed by atoms with Crippen molar-refractivity contribution in [3.05, 3.63) is 77.6 Å². The third kappa shape index (κ3) is 4.76. The molecule has 1 aromatic carbocycles. The van der Waals surface area contributed by atoms with Crippen molar-refractivity contribution in [3.63, 3.8) is 0 Å². The van der Waals surface area contributed by atoms with E-state index in [0.717, 1.165) is 6.07 Å². The number of nitrogens with two attached hydrogens (primary N) is 2. The summed E-state index contributed by atoms with van der Waals surface area (Å²) in [5.41, 5.74) is 10.3. The molecule has 0 unspecified atom stereocenters. The van der Waals surface area contributed by atoms with Crippen LogP contribution in [0.15, 0.2) is 59.4 Å². The molecular formula is C19H20F2N6O. The summed E-state index contributed by atoms with van der Waals surface area (Å²) in [5.74, 6) is -2.01. The Hall–Kier alpha value is -3.62. The predicted molar refractivity (Wildman–Crippen MR) is 104 cm³/mol. The number of pyridine rings is 1. The Kier molecular flexibility index (Phi) is 6.19. The van der Waals surface area contributed by atoms with Gasteiger partial charge in [-0.25, -0.2) is 8.78 Å². The normalized spacial score (nSPS) is 12.6. The first-order chi connectivity index (χ1) is 13.2. The monoisotopic (exact) mass is 386 g/mol. The molecule has 0 radical (unpaired) electrons. The lowest BCUT2D eigenvalue weighted by atomic mass is 9.99. The second-order valence-electron chi connectivity index (χ2n) is 6.32. The SMILES string of the molecule is C=C/C(=N\N=C(/N)NC(C)(C)c1ncccc1F)c1cc(C(N)=O)ccc1F. The van der Waals surface area contributed by atoms with Crippen molar-refractivity contribution in [1.29, 1.82) is 0 Å². The lowest BCUT2D eigenvalue weighted by Crippen LogP contribution is -2.46. The van der Waals surface area contributed by atoms with E-state index in [9.17, 15) is 13.6 Å². The summed E-state index contributed by atoms with van der Waals surface area (Å²) >= 11 is 0. The molecule has 2 aromatic rings. The first-order valence-electron chi connectivity index (χ1n) is 8.18. The van der Waals surface area contributed by atoms with E-state index in [0.29, 0.717) is 0 Å². The highest BCUT2D eigenvalue weighted by atomic mass is 19.1. The molecule has 5 N–H and O–H groups in total. The molecule has 0 saturated heterocycles. The molecule has 0 aliphatic carbocycles. The molecule has 0 fully saturated rings. The summed E-state index contributed by atoms with van der Waals surface area (Å²) in [4.78, 5) is 15.3. The highest BCUT2D eigenvalue weighted by molar-refractivity contribution is 6.10. The molecule has 0 aliphatic heterocycles. The van der Waals surface area contributed by atoms with Crippen LogP contribution >= 0.6 is 0 Å². The first-order valence-corrected chi connectivity index (χ1v) is 8.18. The van der Waals surface area contributed by atoms with Gasteiger partial charge in [0.25, 0.3) is 0 Å². The average Bonchev–Trinajstić information content (AvgIpc) is 2.63. The highest BCUT2D eigenvalue weighted by Crippen LogP contribution is 2.20. The Balaban J connectivity index is 2.32. The van der Waals surface area contributed by atoms with E-state index in [1.807, 2.05) is 0 Å². The van der Waals surface area contributed by atoms with Gasteiger partial charge in [0.05, 0.1) is 11.3 Å². The molecule has 1 heterocycles. The number of carbonyl (C=O) groups excluding carboxylic acids is 1. The lowest BCUT2D eigenvalue weighted by Gasteiger charge is -2.26. The molecule has 0 bridgehead atoms. The Morgan fingerprint density at radius 2 is 1.93 bits per heavy atom. The van der Waals surface area contributed by atoms with Crippen molar-refractivity contribution >= 4 is 17.6 Å². The zero-order valence-corrected chi connectivity index (χ0v) is 15.4. The number of amides is 1. The second-order valence-corrected chi connectivity index (χ2v) is 6.32. The minimum atomic E-state index is -0.986. The third-order valence-electron chi connectivity index (χ3n) is 3.78. The van der Waals surface area contributed by atoms with Gasteiger partial charge in [-0.05, 0) is 50.3 Å². The van der Waals surface area contributed by atoms with E-state index in [1.165, 1.54) is 36.5 Å². The molecule has 2 rings (SSSR count). The minimum Gasteiger partial charge on any atom is -0.368 e. The van der Waals surface area contributed by atoms with Crippen LogP contribution in [0.25, 0.3) is 0 Å². The molecule has 1 aromatic heterocycles. The van der Waals surface area contributed by atoms with Crippen molar-refractivity contribution in [3.8, 4) is 0 Å². The zero-order chi connectivity index (χ0) is 20.9. The van der Waals surface area contributed by atoms with Crippen LogP contribution in [-0.2, 0) is 5.54 Å². The number of carbonyl (C=O) groups is 1. The molecule has 28 heavy (non-hydrogen) atoms. The van der Waals surface area contributed by atoms with Gasteiger partial charge in [0.2, 0.25) is 11.9 Å². The highest BCUT2D eigenvalue weighted by Gasteiger charge is 2.26. The maximum absolute atomic E-state index is 14.1. The van der Waals surface area contributed by atoms with Gasteiger partial charge in [0.1, 0.15) is 17.3 Å². The van der Waals surface area contributed by atoms with Crippen molar-refractivity contribution in [1.82, 2.24) is 10.3 Å². The number of primary amides is 1. The molecule has 146 valence electrons. The van der Waals surface area contributed by atoms with Gasteiger partial charge in [-0.3, -0.25) is 9.78 Å². The molecule has 1 amide bonds. The number of hydrogen-bond donors (Lipinski definition) is 3. The van der Waals surface area contributed by atoms with Crippen molar-refractivity contribution in [2.75, 3.05) is 0 Å². The first kappa shape index (κ1) is 20.7. The van der Waals surface area contributed by atoms with Crippen molar-refractivity contribution in [2.45, 2.75) is 19.4 Å². The van der Waals surface area contributed by atoms with Gasteiger partial charge < -0.3 is 16.8 Å². The minimum absolute atomic E-state index is 0.0159. The maximum atomic E-state index is 14.1. The summed E-state index contributed by atoms with van der Waals surface area (Å²) in [6.07, 6.45) is 2.71. The van der Waals surface area contributed by atoms with E-state index < -0.39 is 23.1 Å². The lowest BCUT2D eigenvalue weighted by molar-refractivity contribution is 0.1000. The summed E-state index contributed by atoms with van der Waals surface area (Å²) in [7, 11) is 0. The number of allylic oxidation sites excluding steroid dienone is 1. The fraction of sp³-hybridized carbons (Fsp3) is 0.158. The Labute approximate surface area is 160 Å². The molecule has 7 nitrogen and oxygen atoms in total. The summed E-state index contributed by atoms with van der Waals surface area (Å²) in [5, 5.41) is 10.5. The fourth-order valence-corrected chi connectivity index (χ4v) is 2.44. The van der Waals surface area contributed by atoms with E-state index in [2.05, 4.69) is 27.1 Å². The standard InChI is InChI=1S/C19H20F2N6O/c1-4-15(12-10-11(17(22)28)7-8-13(12)20)26-27-18(23)25-19(2,3)16-14(21)6-5-9-24-16/h4-10H,1H2,2-3H3,(H2,22,28)(H3,23,25,27)/b26-15+. The van der Waals surface area contributed by atoms with Gasteiger partial charge in [-0.15, -0.1) is 10.2 Å². The number of nitrogens with one attached hydrogen (secondary N) is 1. The van der Waals surface area contributed by atoms with Gasteiger partial charge >= 0.3 is 0 Å². The maximum Gasteiger partial charge on any atom is 0.248 e. The zero-order valence-electron chi connectivity index (χ0n) is 15.4. The third-order valence-corrected chi connectivity index (χ3v) is 3.78. The summed E-state index contributed by atoms with van der Waals surface area (Å²) in [6, 6.07) is 6.34. The summed E-state index contributed by atoms with van der Waals surface area (Å²) < 4.78 is 28.1. The number of benzene rings is 1. The predicted octanol–water partition coefficient (Wildman–Crippen LogP) is 2.19. The van der Waals surface area contributed by atoms with E-state index >= 15 is 0 Å². The molecule has 0 saturated carbocycles. The fourth-order valence-electron chi connectivity index (χ4n) is 2.44. The van der Waals surface area contributed by atoms with Crippen molar-refractivity contribution in [2.24, 2.45) is 21.7 Å². The second kappa shape index (κ2) is 8.38. The molecule has 0 atom stereocenters. The van der Waals surface area contributed by atoms with Crippen LogP contribution in [0.4, 0.5) is 8.78 Å². The van der Waals surface area contributed by atoms with Crippen LogP contribution < -0.4 is 16.8 Å². The molecule has 0 spiro atoms. The quantitative estimate of drug-likeness (QED) is 0.400. The van der Waals surface area contributed by atoms with Crippen LogP contribution in [-0.4, -0.2) is 22.6 Å². The Morgan fingerprint density at radius 1 is 1.21 bits per heavy atom. The molecule has 9 heteroatoms. The Bertz CT molecular complexity index is 969. The molecular weight excluding hydrogens is 366 g/mol. The van der Waals surface area contributed by atoms with E-state index in [4.69, 9.17) is 11.5 Å². The van der Waals surface area contributed by atoms with Crippen molar-refractivity contribution < 1.29 is 13.6 Å². The largest absolute Gasteiger partial charge is 0.368 e. The Morgan fingerprint density at radius 3 is 2.54 bits per heavy atom. The van der Waals surface area contributed by atoms with E-state index in [1.54, 1.807) is 13.8 Å². The number of halogens is 2. The summed E-state index contributed by atoms with van der Waals surface area (Å²) in [6.45, 7) is 6.88. The number of guanidine groups is 1. The number of nitrogens with zero attached hydrogens (tertiary/aromatic N) is 3. The van der Waals surface area contributed by atoms with Crippen LogP contribution in [0.3, 0.4) is 0 Å². The van der Waals surface area contributed by atoms with Crippen LogP contribution in [0.5, 0.6) is 0 Å². The van der Waals surface area contributed by atoms with Crippen LogP contribution in [0.2, 0.25) is 0 Å². The van der Waals surface area contributed by atoms with Gasteiger partial charge in [0, 0.05) is 17.3 Å². The van der Waals surface area contributed by atoms with E-state index in [-0.39, 0.29) is 28.5 Å². The van der Waals surface area contributed by atoms with Gasteiger partial charge in [-0.2, -0.15) is 0 Å². The average molecular weight is 386 g/mol. The number of hydrogen-bond acceptors (Lipinski definition) is 4. The van der Waals surface area contributed by atoms with Gasteiger partial charge in [0.15, 0.2) is 0 Å². The van der Waals surface area contributed by atoms with Crippen LogP contribution in [0.1, 0.15) is 35.5 Å². The van der Waals surface area contributed by atoms with Gasteiger partial charge in [-0.1, -0.05) is 6.58 Å². The topological polar surface area (TPSA) is 119 Å². The van der Waals surface area contributed by atoms with Crippen LogP contribution in [0, 0.1) is 11.6 Å². The molecule has 0 aliphatic rings. The number of rotatable bonds is 6. The smallest absolute Gasteiger partial charge is 0.248 e. The number of aromatic nitrogens is 1.